The van der Waals surface area contributed by atoms with Crippen LogP contribution in [0.3, 0.4) is 0 Å². The molecule has 0 aliphatic carbocycles. The Labute approximate surface area is 216 Å². The lowest BCUT2D eigenvalue weighted by molar-refractivity contribution is -0.130. The molecule has 1 saturated heterocycles. The van der Waals surface area contributed by atoms with E-state index >= 15 is 0 Å². The Morgan fingerprint density at radius 1 is 0.865 bits per heavy atom. The zero-order valence-corrected chi connectivity index (χ0v) is 21.1. The highest BCUT2D eigenvalue weighted by Crippen LogP contribution is 2.24. The first-order valence-corrected chi connectivity index (χ1v) is 12.4. The number of amides is 2. The van der Waals surface area contributed by atoms with Crippen molar-refractivity contribution in [2.24, 2.45) is 0 Å². The molecule has 1 fully saturated rings. The Hall–Kier alpha value is -4.46. The van der Waals surface area contributed by atoms with E-state index in [2.05, 4.69) is 20.3 Å². The number of hydrogen-bond acceptors (Lipinski definition) is 5. The van der Waals surface area contributed by atoms with Gasteiger partial charge in [0.05, 0.1) is 23.4 Å². The molecule has 2 aromatic carbocycles. The lowest BCUT2D eigenvalue weighted by atomic mass is 10.1. The molecule has 1 aliphatic heterocycles. The van der Waals surface area contributed by atoms with Gasteiger partial charge in [0.2, 0.25) is 5.91 Å². The van der Waals surface area contributed by atoms with Crippen molar-refractivity contribution in [3.05, 3.63) is 102 Å². The van der Waals surface area contributed by atoms with Crippen molar-refractivity contribution in [3.63, 3.8) is 0 Å². The maximum absolute atomic E-state index is 13.2. The summed E-state index contributed by atoms with van der Waals surface area (Å²) >= 11 is 0. The molecule has 0 radical (unpaired) electrons. The number of piperazine rings is 1. The zero-order chi connectivity index (χ0) is 25.8. The summed E-state index contributed by atoms with van der Waals surface area (Å²) in [6, 6.07) is 21.1. The molecule has 5 rings (SSSR count). The van der Waals surface area contributed by atoms with E-state index in [1.807, 2.05) is 78.0 Å². The Morgan fingerprint density at radius 2 is 1.54 bits per heavy atom. The third-order valence-corrected chi connectivity index (χ3v) is 6.83. The van der Waals surface area contributed by atoms with Gasteiger partial charge in [0.25, 0.3) is 5.91 Å². The molecule has 4 aromatic rings. The summed E-state index contributed by atoms with van der Waals surface area (Å²) in [6.45, 7) is 6.50. The van der Waals surface area contributed by atoms with Crippen LogP contribution in [0.15, 0.2) is 79.1 Å². The molecular formula is C29H30N6O2. The van der Waals surface area contributed by atoms with Crippen LogP contribution in [0, 0.1) is 13.8 Å². The molecule has 0 unspecified atom stereocenters. The summed E-state index contributed by atoms with van der Waals surface area (Å²) in [6.07, 6.45) is 3.62. The molecule has 1 aliphatic rings. The molecule has 8 nitrogen and oxygen atoms in total. The normalized spacial score (nSPS) is 13.5. The minimum absolute atomic E-state index is 0.0992. The van der Waals surface area contributed by atoms with Crippen LogP contribution in [0.5, 0.6) is 0 Å². The number of rotatable bonds is 6. The maximum atomic E-state index is 13.2. The maximum Gasteiger partial charge on any atom is 0.257 e. The minimum atomic E-state index is -0.165. The van der Waals surface area contributed by atoms with Crippen LogP contribution < -0.4 is 10.2 Å². The number of anilines is 2. The molecule has 0 bridgehead atoms. The number of nitrogens with one attached hydrogen (secondary N) is 1. The fourth-order valence-corrected chi connectivity index (χ4v) is 4.79. The second-order valence-corrected chi connectivity index (χ2v) is 9.15. The fraction of sp³-hybridized carbons (Fsp3) is 0.241. The summed E-state index contributed by atoms with van der Waals surface area (Å²) in [5.74, 6) is -0.0659. The van der Waals surface area contributed by atoms with E-state index in [-0.39, 0.29) is 11.8 Å². The summed E-state index contributed by atoms with van der Waals surface area (Å²) in [4.78, 5) is 34.3. The third kappa shape index (κ3) is 5.23. The highest BCUT2D eigenvalue weighted by atomic mass is 16.2. The van der Waals surface area contributed by atoms with Gasteiger partial charge in [-0.3, -0.25) is 14.6 Å². The molecule has 0 atom stereocenters. The van der Waals surface area contributed by atoms with E-state index in [0.717, 1.165) is 28.3 Å². The number of benzene rings is 2. The van der Waals surface area contributed by atoms with Crippen LogP contribution in [-0.4, -0.2) is 57.7 Å². The lowest BCUT2D eigenvalue weighted by Gasteiger charge is -2.37. The van der Waals surface area contributed by atoms with Gasteiger partial charge in [0.15, 0.2) is 0 Å². The van der Waals surface area contributed by atoms with Gasteiger partial charge in [0, 0.05) is 61.2 Å². The average Bonchev–Trinajstić information content (AvgIpc) is 3.22. The van der Waals surface area contributed by atoms with Crippen LogP contribution in [-0.2, 0) is 11.2 Å². The largest absolute Gasteiger partial charge is 0.367 e. The van der Waals surface area contributed by atoms with Crippen molar-refractivity contribution in [2.45, 2.75) is 20.3 Å². The van der Waals surface area contributed by atoms with E-state index in [0.29, 0.717) is 43.9 Å². The van der Waals surface area contributed by atoms with Crippen LogP contribution >= 0.6 is 0 Å². The topological polar surface area (TPSA) is 83.4 Å². The molecule has 0 saturated carbocycles. The number of pyridine rings is 1. The third-order valence-electron chi connectivity index (χ3n) is 6.83. The summed E-state index contributed by atoms with van der Waals surface area (Å²) < 4.78 is 1.91. The number of hydrogen-bond donors (Lipinski definition) is 1. The fourth-order valence-electron chi connectivity index (χ4n) is 4.79. The van der Waals surface area contributed by atoms with Gasteiger partial charge in [0.1, 0.15) is 0 Å². The van der Waals surface area contributed by atoms with Gasteiger partial charge in [-0.2, -0.15) is 5.10 Å². The van der Waals surface area contributed by atoms with E-state index in [9.17, 15) is 9.59 Å². The van der Waals surface area contributed by atoms with Gasteiger partial charge in [-0.15, -0.1) is 0 Å². The van der Waals surface area contributed by atoms with Gasteiger partial charge in [-0.25, -0.2) is 4.68 Å². The number of carbonyl (C=O) groups excluding carboxylic acids is 2. The Bertz CT molecular complexity index is 1390. The van der Waals surface area contributed by atoms with Crippen LogP contribution in [0.1, 0.15) is 27.3 Å². The van der Waals surface area contributed by atoms with Crippen LogP contribution in [0.4, 0.5) is 11.4 Å². The smallest absolute Gasteiger partial charge is 0.257 e. The summed E-state index contributed by atoms with van der Waals surface area (Å²) in [5.41, 5.74) is 6.02. The second kappa shape index (κ2) is 10.7. The molecule has 37 heavy (non-hydrogen) atoms. The predicted molar refractivity (Wildman–Crippen MR) is 144 cm³/mol. The second-order valence-electron chi connectivity index (χ2n) is 9.15. The molecule has 0 spiro atoms. The number of aromatic nitrogens is 3. The first-order valence-electron chi connectivity index (χ1n) is 12.4. The molecule has 3 heterocycles. The molecule has 2 aromatic heterocycles. The zero-order valence-electron chi connectivity index (χ0n) is 21.1. The molecule has 2 amide bonds. The molecule has 188 valence electrons. The van der Waals surface area contributed by atoms with Crippen molar-refractivity contribution >= 4 is 23.2 Å². The van der Waals surface area contributed by atoms with Crippen LogP contribution in [0.2, 0.25) is 0 Å². The number of para-hydroxylation sites is 2. The SMILES string of the molecule is Cc1nn(-c2ccccc2)c(C)c1CC(=O)N1CCN(c2ccccc2C(=O)Nc2ccncc2)CC1. The van der Waals surface area contributed by atoms with Crippen molar-refractivity contribution in [1.29, 1.82) is 0 Å². The standard InChI is InChI=1S/C29H30N6O2/c1-21-26(22(2)35(32-21)24-8-4-3-5-9-24)20-28(36)34-18-16-33(17-19-34)27-11-7-6-10-25(27)29(37)31-23-12-14-30-15-13-23/h3-15H,16-20H2,1-2H3,(H,30,31,37). The first kappa shape index (κ1) is 24.2. The molecular weight excluding hydrogens is 464 g/mol. The van der Waals surface area contributed by atoms with Gasteiger partial charge in [-0.1, -0.05) is 30.3 Å². The number of nitrogens with zero attached hydrogens (tertiary/aromatic N) is 5. The molecule has 8 heteroatoms. The molecule has 1 N–H and O–H groups in total. The quantitative estimate of drug-likeness (QED) is 0.438. The van der Waals surface area contributed by atoms with Crippen LogP contribution in [0.25, 0.3) is 5.69 Å². The van der Waals surface area contributed by atoms with E-state index in [1.165, 1.54) is 0 Å². The Kier molecular flexibility index (Phi) is 6.98. The highest BCUT2D eigenvalue weighted by Gasteiger charge is 2.26. The number of aryl methyl sites for hydroxylation is 1. The average molecular weight is 495 g/mol. The van der Waals surface area contributed by atoms with Crippen molar-refractivity contribution in [2.75, 3.05) is 36.4 Å². The van der Waals surface area contributed by atoms with Crippen molar-refractivity contribution < 1.29 is 9.59 Å². The lowest BCUT2D eigenvalue weighted by Crippen LogP contribution is -2.49. The van der Waals surface area contributed by atoms with Gasteiger partial charge in [-0.05, 0) is 50.2 Å². The van der Waals surface area contributed by atoms with Crippen molar-refractivity contribution in [3.8, 4) is 5.69 Å². The Balaban J connectivity index is 1.24. The van der Waals surface area contributed by atoms with Gasteiger partial charge >= 0.3 is 0 Å². The minimum Gasteiger partial charge on any atom is -0.367 e. The van der Waals surface area contributed by atoms with Gasteiger partial charge < -0.3 is 15.1 Å². The predicted octanol–water partition coefficient (Wildman–Crippen LogP) is 4.03. The van der Waals surface area contributed by atoms with E-state index in [4.69, 9.17) is 0 Å². The monoisotopic (exact) mass is 494 g/mol. The van der Waals surface area contributed by atoms with Crippen molar-refractivity contribution in [1.82, 2.24) is 19.7 Å². The first-order chi connectivity index (χ1) is 18.0. The van der Waals surface area contributed by atoms with E-state index < -0.39 is 0 Å². The van der Waals surface area contributed by atoms with E-state index in [1.54, 1.807) is 24.5 Å². The number of carbonyl (C=O) groups is 2. The summed E-state index contributed by atoms with van der Waals surface area (Å²) in [5, 5.41) is 7.62. The Morgan fingerprint density at radius 3 is 2.27 bits per heavy atom. The highest BCUT2D eigenvalue weighted by molar-refractivity contribution is 6.08. The summed E-state index contributed by atoms with van der Waals surface area (Å²) in [7, 11) is 0.